The number of ether oxygens (including phenoxy) is 1. The summed E-state index contributed by atoms with van der Waals surface area (Å²) in [6, 6.07) is 9.07. The maximum Gasteiger partial charge on any atom is 0.311 e. The molecule has 5 rings (SSSR count). The van der Waals surface area contributed by atoms with Crippen LogP contribution in [0.2, 0.25) is 0 Å². The van der Waals surface area contributed by atoms with Gasteiger partial charge in [0.2, 0.25) is 0 Å². The molecule has 0 aromatic heterocycles. The highest BCUT2D eigenvalue weighted by Gasteiger charge is 2.70. The Morgan fingerprint density at radius 3 is 3.09 bits per heavy atom. The number of carbonyl (C=O) groups is 1. The van der Waals surface area contributed by atoms with E-state index >= 15 is 0 Å². The van der Waals surface area contributed by atoms with Crippen molar-refractivity contribution in [2.75, 3.05) is 25.6 Å². The zero-order valence-corrected chi connectivity index (χ0v) is 13.2. The minimum Gasteiger partial charge on any atom is -0.469 e. The van der Waals surface area contributed by atoms with Crippen LogP contribution in [0, 0.1) is 11.8 Å². The highest BCUT2D eigenvalue weighted by atomic mass is 16.5. The lowest BCUT2D eigenvalue weighted by molar-refractivity contribution is -0.150. The minimum absolute atomic E-state index is 0.0180. The van der Waals surface area contributed by atoms with Gasteiger partial charge < -0.3 is 15.2 Å². The van der Waals surface area contributed by atoms with Gasteiger partial charge in [-0.1, -0.05) is 18.2 Å². The van der Waals surface area contributed by atoms with Crippen molar-refractivity contribution >= 4 is 11.7 Å². The van der Waals surface area contributed by atoms with Gasteiger partial charge in [0, 0.05) is 23.2 Å². The lowest BCUT2D eigenvalue weighted by Crippen LogP contribution is -2.57. The van der Waals surface area contributed by atoms with E-state index in [1.54, 1.807) is 0 Å². The second-order valence-corrected chi connectivity index (χ2v) is 7.41. The first-order valence-corrected chi connectivity index (χ1v) is 8.53. The summed E-state index contributed by atoms with van der Waals surface area (Å²) >= 11 is 0. The number of anilines is 1. The Hall–Kier alpha value is -1.59. The molecule has 1 aromatic carbocycles. The zero-order valence-electron chi connectivity index (χ0n) is 13.2. The van der Waals surface area contributed by atoms with E-state index < -0.39 is 0 Å². The monoisotopic (exact) mass is 314 g/mol. The molecule has 3 aliphatic heterocycles. The molecule has 1 saturated carbocycles. The van der Waals surface area contributed by atoms with Crippen LogP contribution in [0.1, 0.15) is 18.4 Å². The summed E-state index contributed by atoms with van der Waals surface area (Å²) in [5.74, 6) is -0.144. The lowest BCUT2D eigenvalue weighted by atomic mass is 9.59. The number of aliphatic hydroxyl groups excluding tert-OH is 1. The zero-order chi connectivity index (χ0) is 15.8. The molecule has 3 heterocycles. The van der Waals surface area contributed by atoms with Crippen molar-refractivity contribution in [3.8, 4) is 0 Å². The third-order valence-electron chi connectivity index (χ3n) is 6.97. The fraction of sp³-hybridized carbons (Fsp3) is 0.611. The molecule has 5 heteroatoms. The third-order valence-corrected chi connectivity index (χ3v) is 6.97. The van der Waals surface area contributed by atoms with Crippen molar-refractivity contribution in [1.29, 1.82) is 0 Å². The number of benzene rings is 1. The van der Waals surface area contributed by atoms with Crippen molar-refractivity contribution in [1.82, 2.24) is 4.90 Å². The van der Waals surface area contributed by atoms with E-state index in [0.29, 0.717) is 6.04 Å². The van der Waals surface area contributed by atoms with Crippen LogP contribution >= 0.6 is 0 Å². The first-order valence-electron chi connectivity index (χ1n) is 8.53. The number of esters is 1. The Morgan fingerprint density at radius 2 is 2.30 bits per heavy atom. The Morgan fingerprint density at radius 1 is 1.48 bits per heavy atom. The smallest absolute Gasteiger partial charge is 0.311 e. The number of para-hydroxylation sites is 1. The highest BCUT2D eigenvalue weighted by Crippen LogP contribution is 2.63. The van der Waals surface area contributed by atoms with E-state index in [1.807, 2.05) is 0 Å². The van der Waals surface area contributed by atoms with Crippen molar-refractivity contribution < 1.29 is 14.6 Å². The summed E-state index contributed by atoms with van der Waals surface area (Å²) < 4.78 is 5.17. The normalized spacial score (nSPS) is 43.0. The van der Waals surface area contributed by atoms with Gasteiger partial charge in [0.15, 0.2) is 0 Å². The predicted molar refractivity (Wildman–Crippen MR) is 85.1 cm³/mol. The van der Waals surface area contributed by atoms with Crippen LogP contribution in [0.15, 0.2) is 24.3 Å². The topological polar surface area (TPSA) is 61.8 Å². The lowest BCUT2D eigenvalue weighted by Gasteiger charge is -2.45. The van der Waals surface area contributed by atoms with E-state index in [4.69, 9.17) is 4.74 Å². The summed E-state index contributed by atoms with van der Waals surface area (Å²) in [6.07, 6.45) is 2.03. The van der Waals surface area contributed by atoms with Gasteiger partial charge in [-0.2, -0.15) is 0 Å². The third kappa shape index (κ3) is 1.44. The van der Waals surface area contributed by atoms with Crippen LogP contribution in [-0.4, -0.2) is 54.4 Å². The molecular formula is C18H22N2O3. The van der Waals surface area contributed by atoms with Crippen LogP contribution in [0.25, 0.3) is 0 Å². The number of hydrogen-bond acceptors (Lipinski definition) is 5. The molecule has 1 spiro atoms. The molecule has 23 heavy (non-hydrogen) atoms. The SMILES string of the molecule is COC(=O)[C@@H]1[C@H]2C[C@@H]3N(CC[C@@]34c3ccccc3N[C@@H]14)[C@@H]2CO. The number of carbonyl (C=O) groups excluding carboxylic acids is 1. The van der Waals surface area contributed by atoms with Crippen molar-refractivity contribution in [3.63, 3.8) is 0 Å². The number of nitrogens with zero attached hydrogens (tertiary/aromatic N) is 1. The number of rotatable bonds is 2. The maximum absolute atomic E-state index is 12.6. The molecule has 5 nitrogen and oxygen atoms in total. The minimum atomic E-state index is -0.189. The summed E-state index contributed by atoms with van der Waals surface area (Å²) in [7, 11) is 1.48. The van der Waals surface area contributed by atoms with Crippen LogP contribution in [-0.2, 0) is 14.9 Å². The fourth-order valence-electron chi connectivity index (χ4n) is 6.22. The highest BCUT2D eigenvalue weighted by molar-refractivity contribution is 5.78. The molecule has 2 bridgehead atoms. The number of methoxy groups -OCH3 is 1. The van der Waals surface area contributed by atoms with Gasteiger partial charge in [0.05, 0.1) is 25.7 Å². The molecule has 1 aliphatic carbocycles. The largest absolute Gasteiger partial charge is 0.469 e. The summed E-state index contributed by atoms with van der Waals surface area (Å²) in [4.78, 5) is 15.1. The molecule has 0 unspecified atom stereocenters. The van der Waals surface area contributed by atoms with Crippen molar-refractivity contribution in [2.45, 2.75) is 36.4 Å². The first kappa shape index (κ1) is 13.8. The molecule has 2 N–H and O–H groups in total. The van der Waals surface area contributed by atoms with E-state index in [-0.39, 0.29) is 41.9 Å². The van der Waals surface area contributed by atoms with Gasteiger partial charge in [-0.25, -0.2) is 0 Å². The van der Waals surface area contributed by atoms with Gasteiger partial charge in [-0.15, -0.1) is 0 Å². The summed E-state index contributed by atoms with van der Waals surface area (Å²) in [5, 5.41) is 13.6. The second-order valence-electron chi connectivity index (χ2n) is 7.41. The van der Waals surface area contributed by atoms with Crippen molar-refractivity contribution in [3.05, 3.63) is 29.8 Å². The quantitative estimate of drug-likeness (QED) is 0.797. The van der Waals surface area contributed by atoms with Crippen LogP contribution in [0.4, 0.5) is 5.69 Å². The van der Waals surface area contributed by atoms with Gasteiger partial charge in [0.1, 0.15) is 0 Å². The molecule has 6 atom stereocenters. The van der Waals surface area contributed by atoms with E-state index in [1.165, 1.54) is 18.4 Å². The molecule has 122 valence electrons. The van der Waals surface area contributed by atoms with E-state index in [0.717, 1.165) is 19.4 Å². The average Bonchev–Trinajstić information content (AvgIpc) is 3.20. The fourth-order valence-corrected chi connectivity index (χ4v) is 6.22. The molecule has 1 aromatic rings. The standard InChI is InChI=1S/C18H22N2O3/c1-23-17(22)15-10-8-14-18(6-7-20(14)13(10)9-21)11-4-2-3-5-12(11)19-16(15)18/h2-5,10,13-16,19,21H,6-9H2,1H3/t10-,13+,14-,15+,16-,18+/m0/s1. The van der Waals surface area contributed by atoms with Crippen LogP contribution in [0.5, 0.6) is 0 Å². The molecule has 2 saturated heterocycles. The molecule has 0 radical (unpaired) electrons. The Kier molecular flexibility index (Phi) is 2.69. The number of nitrogens with one attached hydrogen (secondary N) is 1. The average molecular weight is 314 g/mol. The first-order chi connectivity index (χ1) is 11.2. The van der Waals surface area contributed by atoms with Gasteiger partial charge >= 0.3 is 5.97 Å². The van der Waals surface area contributed by atoms with Gasteiger partial charge in [0.25, 0.3) is 0 Å². The Bertz CT molecular complexity index is 678. The number of hydrogen-bond donors (Lipinski definition) is 2. The predicted octanol–water partition coefficient (Wildman–Crippen LogP) is 0.976. The van der Waals surface area contributed by atoms with E-state index in [2.05, 4.69) is 34.5 Å². The molecule has 3 fully saturated rings. The second kappa shape index (κ2) is 4.48. The van der Waals surface area contributed by atoms with Gasteiger partial charge in [-0.05, 0) is 36.9 Å². The molecule has 0 amide bonds. The number of fused-ring (bicyclic) bond motifs is 2. The van der Waals surface area contributed by atoms with Crippen molar-refractivity contribution in [2.24, 2.45) is 11.8 Å². The number of aliphatic hydroxyl groups is 1. The Labute approximate surface area is 135 Å². The summed E-state index contributed by atoms with van der Waals surface area (Å²) in [6.45, 7) is 1.13. The van der Waals surface area contributed by atoms with Crippen LogP contribution in [0.3, 0.4) is 0 Å². The Balaban J connectivity index is 1.71. The summed E-state index contributed by atoms with van der Waals surface area (Å²) in [5.41, 5.74) is 2.50. The molecule has 4 aliphatic rings. The molecular weight excluding hydrogens is 292 g/mol. The van der Waals surface area contributed by atoms with E-state index in [9.17, 15) is 9.90 Å². The van der Waals surface area contributed by atoms with Gasteiger partial charge in [-0.3, -0.25) is 9.69 Å². The van der Waals surface area contributed by atoms with Crippen LogP contribution < -0.4 is 5.32 Å². The maximum atomic E-state index is 12.6.